The first kappa shape index (κ1) is 18.8. The number of methoxy groups -OCH3 is 1. The van der Waals surface area contributed by atoms with Gasteiger partial charge >= 0.3 is 0 Å². The van der Waals surface area contributed by atoms with E-state index in [1.54, 1.807) is 13.3 Å². The summed E-state index contributed by atoms with van der Waals surface area (Å²) in [5.41, 5.74) is 4.73. The molecule has 0 amide bonds. The van der Waals surface area contributed by atoms with Crippen molar-refractivity contribution in [2.75, 3.05) is 7.11 Å². The molecule has 4 aromatic rings. The molecule has 5 rings (SSSR count). The number of para-hydroxylation sites is 2. The third kappa shape index (κ3) is 3.14. The molecule has 0 spiro atoms. The van der Waals surface area contributed by atoms with Gasteiger partial charge in [-0.25, -0.2) is 4.98 Å². The summed E-state index contributed by atoms with van der Waals surface area (Å²) in [6.07, 6.45) is 2.89. The van der Waals surface area contributed by atoms with Crippen molar-refractivity contribution in [2.45, 2.75) is 18.8 Å². The van der Waals surface area contributed by atoms with Gasteiger partial charge in [-0.3, -0.25) is 4.98 Å². The molecule has 0 saturated heterocycles. The molecule has 6 nitrogen and oxygen atoms in total. The van der Waals surface area contributed by atoms with Gasteiger partial charge in [-0.1, -0.05) is 18.2 Å². The van der Waals surface area contributed by atoms with Gasteiger partial charge in [0.25, 0.3) is 0 Å². The lowest BCUT2D eigenvalue weighted by atomic mass is 9.86. The molecule has 30 heavy (non-hydrogen) atoms. The fraction of sp³-hybridized carbons (Fsp3) is 0.250. The van der Waals surface area contributed by atoms with Crippen LogP contribution in [0.1, 0.15) is 17.2 Å². The van der Waals surface area contributed by atoms with Gasteiger partial charge < -0.3 is 19.1 Å². The second-order valence-electron chi connectivity index (χ2n) is 7.63. The lowest BCUT2D eigenvalue weighted by Crippen LogP contribution is -2.38. The first-order valence-electron chi connectivity index (χ1n) is 9.98. The van der Waals surface area contributed by atoms with Crippen LogP contribution in [0, 0.1) is 5.92 Å². The minimum atomic E-state index is -0.728. The van der Waals surface area contributed by atoms with E-state index >= 15 is 0 Å². The zero-order valence-electron chi connectivity index (χ0n) is 16.9. The van der Waals surface area contributed by atoms with Crippen molar-refractivity contribution in [3.8, 4) is 17.1 Å². The van der Waals surface area contributed by atoms with Crippen LogP contribution < -0.4 is 4.74 Å². The summed E-state index contributed by atoms with van der Waals surface area (Å²) in [5.74, 6) is 1.24. The number of benzene rings is 2. The SMILES string of the molecule is COC1Oc2ccc(-c3nc4ccccc4n3C)cc2C(O)C1Cc1cccnc1. The van der Waals surface area contributed by atoms with Crippen LogP contribution >= 0.6 is 0 Å². The Labute approximate surface area is 174 Å². The van der Waals surface area contributed by atoms with Crippen LogP contribution in [0.15, 0.2) is 67.0 Å². The van der Waals surface area contributed by atoms with Gasteiger partial charge in [-0.05, 0) is 48.4 Å². The number of fused-ring (bicyclic) bond motifs is 2. The van der Waals surface area contributed by atoms with E-state index in [1.807, 2.05) is 61.8 Å². The Morgan fingerprint density at radius 3 is 2.77 bits per heavy atom. The first-order chi connectivity index (χ1) is 14.7. The summed E-state index contributed by atoms with van der Waals surface area (Å²) in [7, 11) is 3.61. The van der Waals surface area contributed by atoms with Gasteiger partial charge in [0.15, 0.2) is 0 Å². The number of aryl methyl sites for hydroxylation is 1. The Morgan fingerprint density at radius 2 is 2.00 bits per heavy atom. The van der Waals surface area contributed by atoms with Crippen molar-refractivity contribution < 1.29 is 14.6 Å². The van der Waals surface area contributed by atoms with Crippen LogP contribution in [0.4, 0.5) is 0 Å². The summed E-state index contributed by atoms with van der Waals surface area (Å²) in [4.78, 5) is 8.96. The molecular formula is C24H23N3O3. The van der Waals surface area contributed by atoms with Crippen LogP contribution in [0.25, 0.3) is 22.4 Å². The van der Waals surface area contributed by atoms with Crippen LogP contribution in [0.3, 0.4) is 0 Å². The maximum Gasteiger partial charge on any atom is 0.205 e. The van der Waals surface area contributed by atoms with Gasteiger partial charge in [0.05, 0.1) is 23.1 Å². The maximum atomic E-state index is 11.3. The van der Waals surface area contributed by atoms with E-state index in [0.29, 0.717) is 12.2 Å². The number of pyridine rings is 1. The molecule has 1 N–H and O–H groups in total. The highest BCUT2D eigenvalue weighted by Crippen LogP contribution is 2.42. The first-order valence-corrected chi connectivity index (χ1v) is 9.98. The smallest absolute Gasteiger partial charge is 0.205 e. The predicted molar refractivity (Wildman–Crippen MR) is 114 cm³/mol. The monoisotopic (exact) mass is 401 g/mol. The molecule has 0 bridgehead atoms. The van der Waals surface area contributed by atoms with Gasteiger partial charge in [0, 0.05) is 37.7 Å². The Bertz CT molecular complexity index is 1190. The van der Waals surface area contributed by atoms with Gasteiger partial charge in [0.1, 0.15) is 11.6 Å². The molecule has 0 fully saturated rings. The molecule has 0 radical (unpaired) electrons. The van der Waals surface area contributed by atoms with Crippen LogP contribution in [-0.4, -0.2) is 33.0 Å². The molecule has 6 heteroatoms. The zero-order chi connectivity index (χ0) is 20.7. The second-order valence-corrected chi connectivity index (χ2v) is 7.63. The van der Waals surface area contributed by atoms with E-state index in [1.165, 1.54) is 0 Å². The Morgan fingerprint density at radius 1 is 1.13 bits per heavy atom. The largest absolute Gasteiger partial charge is 0.464 e. The number of imidazole rings is 1. The van der Waals surface area contributed by atoms with Crippen molar-refractivity contribution in [3.63, 3.8) is 0 Å². The molecular weight excluding hydrogens is 378 g/mol. The van der Waals surface area contributed by atoms with E-state index in [9.17, 15) is 5.11 Å². The number of aromatic nitrogens is 3. The van der Waals surface area contributed by atoms with Crippen LogP contribution in [-0.2, 0) is 18.2 Å². The lowest BCUT2D eigenvalue weighted by Gasteiger charge is -2.36. The molecule has 1 aliphatic heterocycles. The van der Waals surface area contributed by atoms with Crippen LogP contribution in [0.2, 0.25) is 0 Å². The third-order valence-electron chi connectivity index (χ3n) is 5.80. The molecule has 3 unspecified atom stereocenters. The summed E-state index contributed by atoms with van der Waals surface area (Å²) in [6.45, 7) is 0. The average Bonchev–Trinajstić information content (AvgIpc) is 3.13. The molecule has 2 aromatic carbocycles. The number of aliphatic hydroxyl groups is 1. The molecule has 152 valence electrons. The Kier molecular flexibility index (Phi) is 4.73. The quantitative estimate of drug-likeness (QED) is 0.562. The minimum Gasteiger partial charge on any atom is -0.464 e. The number of nitrogens with zero attached hydrogens (tertiary/aromatic N) is 3. The van der Waals surface area contributed by atoms with Crippen molar-refractivity contribution >= 4 is 11.0 Å². The molecule has 3 heterocycles. The minimum absolute atomic E-state index is 0.248. The summed E-state index contributed by atoms with van der Waals surface area (Å²) < 4.78 is 13.7. The van der Waals surface area contributed by atoms with E-state index in [-0.39, 0.29) is 5.92 Å². The molecule has 3 atom stereocenters. The van der Waals surface area contributed by atoms with Crippen molar-refractivity contribution in [2.24, 2.45) is 13.0 Å². The number of aliphatic hydroxyl groups excluding tert-OH is 1. The molecule has 0 aliphatic carbocycles. The summed E-state index contributed by atoms with van der Waals surface area (Å²) in [5, 5.41) is 11.3. The maximum absolute atomic E-state index is 11.3. The summed E-state index contributed by atoms with van der Waals surface area (Å²) in [6, 6.07) is 17.8. The van der Waals surface area contributed by atoms with Gasteiger partial charge in [-0.15, -0.1) is 0 Å². The fourth-order valence-electron chi connectivity index (χ4n) is 4.24. The highest BCUT2D eigenvalue weighted by atomic mass is 16.7. The average molecular weight is 401 g/mol. The molecule has 2 aromatic heterocycles. The third-order valence-corrected chi connectivity index (χ3v) is 5.80. The van der Waals surface area contributed by atoms with E-state index < -0.39 is 12.4 Å². The number of rotatable bonds is 4. The number of hydrogen-bond acceptors (Lipinski definition) is 5. The Hall–Kier alpha value is -3.22. The standard InChI is InChI=1S/C24H23N3O3/c1-27-20-8-4-3-7-19(20)26-23(27)16-9-10-21-17(13-16)22(28)18(24(29-2)30-21)12-15-6-5-11-25-14-15/h3-11,13-14,18,22,24,28H,12H2,1-2H3. The van der Waals surface area contributed by atoms with E-state index in [4.69, 9.17) is 14.5 Å². The van der Waals surface area contributed by atoms with Gasteiger partial charge in [-0.2, -0.15) is 0 Å². The molecule has 1 aliphatic rings. The van der Waals surface area contributed by atoms with Crippen LogP contribution in [0.5, 0.6) is 5.75 Å². The Balaban J connectivity index is 1.54. The normalized spacial score (nSPS) is 20.7. The summed E-state index contributed by atoms with van der Waals surface area (Å²) >= 11 is 0. The lowest BCUT2D eigenvalue weighted by molar-refractivity contribution is -0.139. The predicted octanol–water partition coefficient (Wildman–Crippen LogP) is 3.89. The topological polar surface area (TPSA) is 69.4 Å². The van der Waals surface area contributed by atoms with Crippen molar-refractivity contribution in [3.05, 3.63) is 78.1 Å². The second kappa shape index (κ2) is 7.55. The highest BCUT2D eigenvalue weighted by Gasteiger charge is 2.38. The van der Waals surface area contributed by atoms with Gasteiger partial charge in [0.2, 0.25) is 6.29 Å². The highest BCUT2D eigenvalue weighted by molar-refractivity contribution is 5.80. The van der Waals surface area contributed by atoms with E-state index in [2.05, 4.69) is 15.6 Å². The number of hydrogen-bond donors (Lipinski definition) is 1. The van der Waals surface area contributed by atoms with E-state index in [0.717, 1.165) is 33.5 Å². The zero-order valence-corrected chi connectivity index (χ0v) is 16.9. The fourth-order valence-corrected chi connectivity index (χ4v) is 4.24. The molecule has 0 saturated carbocycles. The van der Waals surface area contributed by atoms with Crippen molar-refractivity contribution in [1.82, 2.24) is 14.5 Å². The van der Waals surface area contributed by atoms with Crippen molar-refractivity contribution in [1.29, 1.82) is 0 Å². The number of ether oxygens (including phenoxy) is 2.